The molecular formula is C13H16O6. The fraction of sp³-hybridized carbons (Fsp3) is 0.462. The maximum atomic E-state index is 11.3. The van der Waals surface area contributed by atoms with Gasteiger partial charge in [0.15, 0.2) is 12.2 Å². The number of cyclic esters (lactones) is 1. The van der Waals surface area contributed by atoms with Gasteiger partial charge in [0.1, 0.15) is 12.2 Å². The van der Waals surface area contributed by atoms with Gasteiger partial charge in [0.05, 0.1) is 13.2 Å². The topological polar surface area (TPSA) is 96.2 Å². The van der Waals surface area contributed by atoms with Crippen molar-refractivity contribution in [2.45, 2.75) is 31.0 Å². The number of hydrogen-bond acceptors (Lipinski definition) is 6. The van der Waals surface area contributed by atoms with E-state index in [2.05, 4.69) is 0 Å². The first-order valence-corrected chi connectivity index (χ1v) is 5.96. The van der Waals surface area contributed by atoms with Crippen molar-refractivity contribution in [3.8, 4) is 0 Å². The highest BCUT2D eigenvalue weighted by molar-refractivity contribution is 5.77. The molecule has 1 aliphatic rings. The number of aliphatic hydroxyl groups is 3. The van der Waals surface area contributed by atoms with E-state index in [1.54, 1.807) is 0 Å². The molecule has 1 heterocycles. The van der Waals surface area contributed by atoms with E-state index >= 15 is 0 Å². The van der Waals surface area contributed by atoms with Crippen molar-refractivity contribution in [1.29, 1.82) is 0 Å². The Balaban J connectivity index is 2.01. The number of esters is 1. The molecule has 1 aromatic carbocycles. The Labute approximate surface area is 110 Å². The number of carbonyl (C=O) groups excluding carboxylic acids is 1. The Kier molecular flexibility index (Phi) is 4.49. The molecule has 1 saturated heterocycles. The minimum atomic E-state index is -1.45. The van der Waals surface area contributed by atoms with Crippen molar-refractivity contribution in [2.75, 3.05) is 6.61 Å². The molecule has 0 radical (unpaired) electrons. The van der Waals surface area contributed by atoms with Crippen molar-refractivity contribution < 1.29 is 29.6 Å². The van der Waals surface area contributed by atoms with Crippen molar-refractivity contribution in [1.82, 2.24) is 0 Å². The van der Waals surface area contributed by atoms with Crippen molar-refractivity contribution in [3.05, 3.63) is 35.9 Å². The molecule has 6 nitrogen and oxygen atoms in total. The minimum absolute atomic E-state index is 0.174. The minimum Gasteiger partial charge on any atom is -0.455 e. The molecule has 4 atom stereocenters. The van der Waals surface area contributed by atoms with Crippen molar-refractivity contribution >= 4 is 5.97 Å². The van der Waals surface area contributed by atoms with Crippen LogP contribution in [0, 0.1) is 0 Å². The molecule has 2 rings (SSSR count). The number of ether oxygens (including phenoxy) is 2. The Morgan fingerprint density at radius 1 is 1.32 bits per heavy atom. The van der Waals surface area contributed by atoms with Crippen LogP contribution in [0.1, 0.15) is 5.56 Å². The molecule has 0 saturated carbocycles. The number of aliphatic hydroxyl groups excluding tert-OH is 3. The zero-order valence-corrected chi connectivity index (χ0v) is 10.2. The maximum Gasteiger partial charge on any atom is 0.338 e. The quantitative estimate of drug-likeness (QED) is 0.606. The van der Waals surface area contributed by atoms with Gasteiger partial charge in [-0.25, -0.2) is 4.79 Å². The number of carbonyl (C=O) groups is 1. The fourth-order valence-corrected chi connectivity index (χ4v) is 1.94. The lowest BCUT2D eigenvalue weighted by Gasteiger charge is -2.22. The molecule has 0 spiro atoms. The second kappa shape index (κ2) is 6.12. The summed E-state index contributed by atoms with van der Waals surface area (Å²) in [5.41, 5.74) is 0.867. The molecule has 1 aliphatic heterocycles. The van der Waals surface area contributed by atoms with Crippen LogP contribution in [0.4, 0.5) is 0 Å². The highest BCUT2D eigenvalue weighted by Gasteiger charge is 2.47. The highest BCUT2D eigenvalue weighted by atomic mass is 16.6. The summed E-state index contributed by atoms with van der Waals surface area (Å²) in [5, 5.41) is 28.1. The SMILES string of the molecule is O=C1O[C@H]([C@H](O)CO)[C@H](OCc2ccccc2)[C@H]1O. The van der Waals surface area contributed by atoms with Crippen LogP contribution < -0.4 is 0 Å². The summed E-state index contributed by atoms with van der Waals surface area (Å²) in [6.45, 7) is -0.399. The molecule has 3 N–H and O–H groups in total. The third-order valence-corrected chi connectivity index (χ3v) is 2.98. The second-order valence-corrected chi connectivity index (χ2v) is 4.36. The summed E-state index contributed by atoms with van der Waals surface area (Å²) in [4.78, 5) is 11.3. The molecule has 0 aromatic heterocycles. The van der Waals surface area contributed by atoms with Crippen LogP contribution in [0.3, 0.4) is 0 Å². The van der Waals surface area contributed by atoms with Crippen molar-refractivity contribution in [2.24, 2.45) is 0 Å². The number of hydrogen-bond donors (Lipinski definition) is 3. The van der Waals surface area contributed by atoms with E-state index in [1.165, 1.54) is 0 Å². The molecule has 1 aromatic rings. The van der Waals surface area contributed by atoms with Crippen LogP contribution >= 0.6 is 0 Å². The van der Waals surface area contributed by atoms with Crippen LogP contribution in [0.5, 0.6) is 0 Å². The van der Waals surface area contributed by atoms with Gasteiger partial charge in [-0.15, -0.1) is 0 Å². The lowest BCUT2D eigenvalue weighted by atomic mass is 10.1. The summed E-state index contributed by atoms with van der Waals surface area (Å²) in [7, 11) is 0. The third-order valence-electron chi connectivity index (χ3n) is 2.98. The average molecular weight is 268 g/mol. The highest BCUT2D eigenvalue weighted by Crippen LogP contribution is 2.23. The van der Waals surface area contributed by atoms with Gasteiger partial charge < -0.3 is 24.8 Å². The van der Waals surface area contributed by atoms with Gasteiger partial charge in [-0.2, -0.15) is 0 Å². The maximum absolute atomic E-state index is 11.3. The summed E-state index contributed by atoms with van der Waals surface area (Å²) in [6, 6.07) is 9.21. The molecule has 0 unspecified atom stereocenters. The standard InChI is InChI=1S/C13H16O6/c14-6-9(15)11-12(10(16)13(17)19-11)18-7-8-4-2-1-3-5-8/h1-5,9-12,14-16H,6-7H2/t9-,10-,11-,12-/m1/s1. The van der Waals surface area contributed by atoms with Gasteiger partial charge in [0.2, 0.25) is 0 Å². The van der Waals surface area contributed by atoms with Gasteiger partial charge >= 0.3 is 5.97 Å². The second-order valence-electron chi connectivity index (χ2n) is 4.36. The molecule has 19 heavy (non-hydrogen) atoms. The zero-order chi connectivity index (χ0) is 13.8. The summed E-state index contributed by atoms with van der Waals surface area (Å²) in [6.07, 6.45) is -4.78. The van der Waals surface area contributed by atoms with Crippen LogP contribution in [0.2, 0.25) is 0 Å². The average Bonchev–Trinajstić information content (AvgIpc) is 2.73. The molecule has 0 bridgehead atoms. The van der Waals surface area contributed by atoms with Crippen LogP contribution in [-0.4, -0.2) is 52.3 Å². The molecule has 0 amide bonds. The number of rotatable bonds is 5. The van der Waals surface area contributed by atoms with Crippen LogP contribution in [0.15, 0.2) is 30.3 Å². The Morgan fingerprint density at radius 2 is 2.00 bits per heavy atom. The molecule has 1 fully saturated rings. The van der Waals surface area contributed by atoms with Gasteiger partial charge in [-0.1, -0.05) is 30.3 Å². The fourth-order valence-electron chi connectivity index (χ4n) is 1.94. The summed E-state index contributed by atoms with van der Waals surface area (Å²) in [5.74, 6) is -0.851. The summed E-state index contributed by atoms with van der Waals surface area (Å²) >= 11 is 0. The monoisotopic (exact) mass is 268 g/mol. The largest absolute Gasteiger partial charge is 0.455 e. The van der Waals surface area contributed by atoms with Crippen LogP contribution in [-0.2, 0) is 20.9 Å². The smallest absolute Gasteiger partial charge is 0.338 e. The van der Waals surface area contributed by atoms with Gasteiger partial charge in [0, 0.05) is 0 Å². The first-order chi connectivity index (χ1) is 9.13. The van der Waals surface area contributed by atoms with E-state index in [9.17, 15) is 15.0 Å². The van der Waals surface area contributed by atoms with E-state index < -0.39 is 37.0 Å². The molecule has 0 aliphatic carbocycles. The zero-order valence-electron chi connectivity index (χ0n) is 10.2. The lowest BCUT2D eigenvalue weighted by Crippen LogP contribution is -2.42. The normalized spacial score (nSPS) is 28.2. The summed E-state index contributed by atoms with van der Waals surface area (Å²) < 4.78 is 10.2. The lowest BCUT2D eigenvalue weighted by molar-refractivity contribution is -0.151. The predicted molar refractivity (Wildman–Crippen MR) is 64.0 cm³/mol. The molecule has 6 heteroatoms. The first-order valence-electron chi connectivity index (χ1n) is 5.96. The van der Waals surface area contributed by atoms with Crippen LogP contribution in [0.25, 0.3) is 0 Å². The van der Waals surface area contributed by atoms with Gasteiger partial charge in [-0.05, 0) is 5.56 Å². The molecular weight excluding hydrogens is 252 g/mol. The van der Waals surface area contributed by atoms with E-state index in [1.807, 2.05) is 30.3 Å². The Hall–Kier alpha value is -1.47. The molecule has 104 valence electrons. The first kappa shape index (κ1) is 14.0. The Morgan fingerprint density at radius 3 is 2.63 bits per heavy atom. The van der Waals surface area contributed by atoms with E-state index in [-0.39, 0.29) is 6.61 Å². The van der Waals surface area contributed by atoms with Crippen molar-refractivity contribution in [3.63, 3.8) is 0 Å². The van der Waals surface area contributed by atoms with Gasteiger partial charge in [0.25, 0.3) is 0 Å². The third kappa shape index (κ3) is 3.10. The Bertz CT molecular complexity index is 420. The van der Waals surface area contributed by atoms with E-state index in [4.69, 9.17) is 14.6 Å². The van der Waals surface area contributed by atoms with Gasteiger partial charge in [-0.3, -0.25) is 0 Å². The van der Waals surface area contributed by atoms with E-state index in [0.29, 0.717) is 0 Å². The number of benzene rings is 1. The predicted octanol–water partition coefficient (Wildman–Crippen LogP) is -0.789. The van der Waals surface area contributed by atoms with E-state index in [0.717, 1.165) is 5.56 Å².